The Labute approximate surface area is 93.7 Å². The standard InChI is InChI=1S/C8H8N2O5S/c11-5(12)3-9-8(15)10-6-4(7(13)14)1-2-16-6/h1-2H,3H2,(H,11,12)(H,13,14)(H2,9,10,15). The maximum Gasteiger partial charge on any atom is 0.338 e. The molecule has 86 valence electrons. The van der Waals surface area contributed by atoms with Crippen molar-refractivity contribution in [1.82, 2.24) is 5.32 Å². The zero-order valence-corrected chi connectivity index (χ0v) is 8.71. The van der Waals surface area contributed by atoms with Gasteiger partial charge in [0, 0.05) is 0 Å². The summed E-state index contributed by atoms with van der Waals surface area (Å²) in [6.45, 7) is -0.528. The van der Waals surface area contributed by atoms with Gasteiger partial charge in [-0.1, -0.05) is 0 Å². The van der Waals surface area contributed by atoms with E-state index >= 15 is 0 Å². The quantitative estimate of drug-likeness (QED) is 0.620. The summed E-state index contributed by atoms with van der Waals surface area (Å²) >= 11 is 1.04. The van der Waals surface area contributed by atoms with Crippen LogP contribution in [0, 0.1) is 0 Å². The van der Waals surface area contributed by atoms with Crippen molar-refractivity contribution in [1.29, 1.82) is 0 Å². The number of carboxylic acid groups (broad SMARTS) is 2. The van der Waals surface area contributed by atoms with E-state index in [-0.39, 0.29) is 10.6 Å². The van der Waals surface area contributed by atoms with E-state index in [1.807, 2.05) is 0 Å². The van der Waals surface area contributed by atoms with Gasteiger partial charge < -0.3 is 15.5 Å². The molecule has 2 amide bonds. The summed E-state index contributed by atoms with van der Waals surface area (Å²) in [5, 5.41) is 23.0. The monoisotopic (exact) mass is 244 g/mol. The van der Waals surface area contributed by atoms with E-state index in [1.165, 1.54) is 11.4 Å². The molecular weight excluding hydrogens is 236 g/mol. The number of rotatable bonds is 4. The van der Waals surface area contributed by atoms with E-state index in [0.29, 0.717) is 0 Å². The lowest BCUT2D eigenvalue weighted by molar-refractivity contribution is -0.135. The molecule has 0 aliphatic heterocycles. The van der Waals surface area contributed by atoms with Gasteiger partial charge >= 0.3 is 18.0 Å². The van der Waals surface area contributed by atoms with E-state index in [0.717, 1.165) is 11.3 Å². The second-order valence-electron chi connectivity index (χ2n) is 2.67. The van der Waals surface area contributed by atoms with Gasteiger partial charge in [0.2, 0.25) is 0 Å². The van der Waals surface area contributed by atoms with Crippen LogP contribution in [0.25, 0.3) is 0 Å². The van der Waals surface area contributed by atoms with Crippen LogP contribution >= 0.6 is 11.3 Å². The van der Waals surface area contributed by atoms with E-state index in [9.17, 15) is 14.4 Å². The van der Waals surface area contributed by atoms with Gasteiger partial charge in [-0.15, -0.1) is 11.3 Å². The molecule has 0 aliphatic rings. The van der Waals surface area contributed by atoms with Crippen molar-refractivity contribution in [2.24, 2.45) is 0 Å². The van der Waals surface area contributed by atoms with Crippen LogP contribution in [0.15, 0.2) is 11.4 Å². The van der Waals surface area contributed by atoms with Crippen molar-refractivity contribution in [3.8, 4) is 0 Å². The number of hydrogen-bond acceptors (Lipinski definition) is 4. The van der Waals surface area contributed by atoms with Gasteiger partial charge in [-0.25, -0.2) is 9.59 Å². The highest BCUT2D eigenvalue weighted by Crippen LogP contribution is 2.22. The summed E-state index contributed by atoms with van der Waals surface area (Å²) in [5.74, 6) is -2.34. The molecule has 0 saturated heterocycles. The van der Waals surface area contributed by atoms with Crippen LogP contribution < -0.4 is 10.6 Å². The summed E-state index contributed by atoms with van der Waals surface area (Å²) in [6.07, 6.45) is 0. The largest absolute Gasteiger partial charge is 0.480 e. The zero-order valence-electron chi connectivity index (χ0n) is 7.89. The van der Waals surface area contributed by atoms with E-state index in [4.69, 9.17) is 10.2 Å². The van der Waals surface area contributed by atoms with Crippen molar-refractivity contribution >= 4 is 34.3 Å². The Balaban J connectivity index is 2.59. The molecular formula is C8H8N2O5S. The number of thiophene rings is 1. The molecule has 8 heteroatoms. The number of nitrogens with one attached hydrogen (secondary N) is 2. The summed E-state index contributed by atoms with van der Waals surface area (Å²) in [7, 11) is 0. The van der Waals surface area contributed by atoms with Crippen LogP contribution in [0.3, 0.4) is 0 Å². The Morgan fingerprint density at radius 3 is 2.56 bits per heavy atom. The number of carbonyl (C=O) groups excluding carboxylic acids is 1. The fraction of sp³-hybridized carbons (Fsp3) is 0.125. The van der Waals surface area contributed by atoms with E-state index < -0.39 is 24.5 Å². The Morgan fingerprint density at radius 1 is 1.31 bits per heavy atom. The minimum absolute atomic E-state index is 0.0320. The maximum atomic E-state index is 11.1. The number of carboxylic acids is 2. The van der Waals surface area contributed by atoms with Gasteiger partial charge in [0.15, 0.2) is 0 Å². The highest BCUT2D eigenvalue weighted by Gasteiger charge is 2.13. The minimum atomic E-state index is -1.18. The van der Waals surface area contributed by atoms with Crippen LogP contribution in [0.2, 0.25) is 0 Å². The normalized spacial score (nSPS) is 9.50. The van der Waals surface area contributed by atoms with E-state index in [1.54, 1.807) is 0 Å². The van der Waals surface area contributed by atoms with Crippen LogP contribution in [0.4, 0.5) is 9.80 Å². The van der Waals surface area contributed by atoms with Crippen LogP contribution in [-0.4, -0.2) is 34.7 Å². The number of aliphatic carboxylic acids is 1. The van der Waals surface area contributed by atoms with Crippen molar-refractivity contribution in [2.45, 2.75) is 0 Å². The molecule has 16 heavy (non-hydrogen) atoms. The molecule has 1 heterocycles. The Hall–Kier alpha value is -2.09. The first-order valence-corrected chi connectivity index (χ1v) is 4.96. The number of aromatic carboxylic acids is 1. The second kappa shape index (κ2) is 5.12. The van der Waals surface area contributed by atoms with Gasteiger partial charge in [0.25, 0.3) is 0 Å². The fourth-order valence-corrected chi connectivity index (χ4v) is 1.65. The summed E-state index contributed by atoms with van der Waals surface area (Å²) in [6, 6.07) is 0.590. The summed E-state index contributed by atoms with van der Waals surface area (Å²) in [5.41, 5.74) is -0.0320. The van der Waals surface area contributed by atoms with Crippen LogP contribution in [0.1, 0.15) is 10.4 Å². The smallest absolute Gasteiger partial charge is 0.338 e. The van der Waals surface area contributed by atoms with Crippen molar-refractivity contribution in [3.05, 3.63) is 17.0 Å². The molecule has 0 radical (unpaired) electrons. The highest BCUT2D eigenvalue weighted by molar-refractivity contribution is 7.14. The lowest BCUT2D eigenvalue weighted by Gasteiger charge is -2.04. The van der Waals surface area contributed by atoms with Gasteiger partial charge in [0.05, 0.1) is 5.56 Å². The number of urea groups is 1. The second-order valence-corrected chi connectivity index (χ2v) is 3.59. The number of hydrogen-bond donors (Lipinski definition) is 4. The molecule has 0 saturated carbocycles. The summed E-state index contributed by atoms with van der Waals surface area (Å²) < 4.78 is 0. The molecule has 0 spiro atoms. The average molecular weight is 244 g/mol. The molecule has 0 bridgehead atoms. The van der Waals surface area contributed by atoms with Crippen molar-refractivity contribution in [2.75, 3.05) is 11.9 Å². The molecule has 4 N–H and O–H groups in total. The van der Waals surface area contributed by atoms with Gasteiger partial charge in [0.1, 0.15) is 11.5 Å². The molecule has 1 aromatic heterocycles. The van der Waals surface area contributed by atoms with Crippen molar-refractivity contribution in [3.63, 3.8) is 0 Å². The molecule has 0 aliphatic carbocycles. The zero-order chi connectivity index (χ0) is 12.1. The first kappa shape index (κ1) is 12.0. The molecule has 0 unspecified atom stereocenters. The molecule has 1 rings (SSSR count). The average Bonchev–Trinajstić information content (AvgIpc) is 2.62. The predicted octanol–water partition coefficient (Wildman–Crippen LogP) is 0.652. The highest BCUT2D eigenvalue weighted by atomic mass is 32.1. The Kier molecular flexibility index (Phi) is 3.84. The minimum Gasteiger partial charge on any atom is -0.480 e. The first-order chi connectivity index (χ1) is 7.50. The lowest BCUT2D eigenvalue weighted by Crippen LogP contribution is -2.33. The third kappa shape index (κ3) is 3.24. The molecule has 0 atom stereocenters. The van der Waals surface area contributed by atoms with Gasteiger partial charge in [-0.05, 0) is 11.4 Å². The lowest BCUT2D eigenvalue weighted by atomic mass is 10.3. The molecule has 1 aromatic rings. The van der Waals surface area contributed by atoms with Gasteiger partial charge in [-0.2, -0.15) is 0 Å². The maximum absolute atomic E-state index is 11.1. The van der Waals surface area contributed by atoms with Crippen LogP contribution in [0.5, 0.6) is 0 Å². The molecule has 0 aromatic carbocycles. The first-order valence-electron chi connectivity index (χ1n) is 4.08. The topological polar surface area (TPSA) is 116 Å². The predicted molar refractivity (Wildman–Crippen MR) is 55.9 cm³/mol. The summed E-state index contributed by atoms with van der Waals surface area (Å²) in [4.78, 5) is 31.9. The molecule has 7 nitrogen and oxygen atoms in total. The Morgan fingerprint density at radius 2 is 2.00 bits per heavy atom. The Bertz CT molecular complexity index is 428. The SMILES string of the molecule is O=C(O)CNC(=O)Nc1sccc1C(=O)O. The number of amides is 2. The van der Waals surface area contributed by atoms with Crippen molar-refractivity contribution < 1.29 is 24.6 Å². The fourth-order valence-electron chi connectivity index (χ4n) is 0.878. The van der Waals surface area contributed by atoms with Gasteiger partial charge in [-0.3, -0.25) is 10.1 Å². The number of anilines is 1. The molecule has 0 fully saturated rings. The van der Waals surface area contributed by atoms with E-state index in [2.05, 4.69) is 10.6 Å². The van der Waals surface area contributed by atoms with Crippen LogP contribution in [-0.2, 0) is 4.79 Å². The third-order valence-electron chi connectivity index (χ3n) is 1.52. The number of carbonyl (C=O) groups is 3. The third-order valence-corrected chi connectivity index (χ3v) is 2.35.